The van der Waals surface area contributed by atoms with Gasteiger partial charge in [-0.25, -0.2) is 4.98 Å². The van der Waals surface area contributed by atoms with E-state index in [0.29, 0.717) is 11.8 Å². The van der Waals surface area contributed by atoms with Crippen molar-refractivity contribution >= 4 is 5.91 Å². The number of nitrogens with one attached hydrogen (secondary N) is 1. The number of aromatic amines is 1. The summed E-state index contributed by atoms with van der Waals surface area (Å²) in [6.07, 6.45) is 6.06. The minimum atomic E-state index is 0.156. The fourth-order valence-corrected chi connectivity index (χ4v) is 4.66. The number of aromatic nitrogens is 3. The normalized spacial score (nSPS) is 24.1. The second-order valence-corrected chi connectivity index (χ2v) is 8.61. The van der Waals surface area contributed by atoms with E-state index in [9.17, 15) is 4.79 Å². The maximum absolute atomic E-state index is 13.1. The van der Waals surface area contributed by atoms with Gasteiger partial charge in [0.1, 0.15) is 5.82 Å². The van der Waals surface area contributed by atoms with E-state index < -0.39 is 0 Å². The van der Waals surface area contributed by atoms with Crippen LogP contribution in [0.2, 0.25) is 0 Å². The number of carbonyl (C=O) groups excluding carboxylic acids is 1. The van der Waals surface area contributed by atoms with Gasteiger partial charge in [-0.05, 0) is 68.2 Å². The Hall–Kier alpha value is -2.17. The summed E-state index contributed by atoms with van der Waals surface area (Å²) < 4.78 is 0. The van der Waals surface area contributed by atoms with Gasteiger partial charge in [-0.3, -0.25) is 9.89 Å². The third-order valence-corrected chi connectivity index (χ3v) is 6.83. The number of benzene rings is 1. The molecule has 1 spiro atoms. The van der Waals surface area contributed by atoms with Gasteiger partial charge in [0, 0.05) is 30.5 Å². The number of amides is 1. The van der Waals surface area contributed by atoms with Crippen molar-refractivity contribution in [3.8, 4) is 0 Å². The molecule has 2 aromatic rings. The monoisotopic (exact) mass is 350 g/mol. The van der Waals surface area contributed by atoms with E-state index in [1.807, 2.05) is 23.1 Å². The fraction of sp³-hybridized carbons (Fsp3) is 0.571. The highest BCUT2D eigenvalue weighted by Crippen LogP contribution is 2.55. The second-order valence-electron chi connectivity index (χ2n) is 8.61. The molecular formula is C21H26N4O. The molecule has 3 aliphatic rings. The van der Waals surface area contributed by atoms with Crippen molar-refractivity contribution in [1.82, 2.24) is 20.1 Å². The Morgan fingerprint density at radius 1 is 1.23 bits per heavy atom. The zero-order chi connectivity index (χ0) is 17.9. The average molecular weight is 350 g/mol. The van der Waals surface area contributed by atoms with Gasteiger partial charge in [0.15, 0.2) is 5.82 Å². The summed E-state index contributed by atoms with van der Waals surface area (Å²) in [7, 11) is 0. The topological polar surface area (TPSA) is 61.9 Å². The molecule has 1 unspecified atom stereocenters. The number of hydrogen-bond donors (Lipinski definition) is 1. The van der Waals surface area contributed by atoms with E-state index in [0.717, 1.165) is 30.3 Å². The minimum Gasteiger partial charge on any atom is -0.337 e. The third-order valence-electron chi connectivity index (χ3n) is 6.83. The van der Waals surface area contributed by atoms with Gasteiger partial charge >= 0.3 is 0 Å². The van der Waals surface area contributed by atoms with Crippen molar-refractivity contribution in [2.75, 3.05) is 13.1 Å². The zero-order valence-electron chi connectivity index (χ0n) is 15.6. The molecule has 2 aliphatic carbocycles. The van der Waals surface area contributed by atoms with Crippen LogP contribution in [0.25, 0.3) is 0 Å². The van der Waals surface area contributed by atoms with Crippen LogP contribution in [0.3, 0.4) is 0 Å². The molecule has 5 heteroatoms. The smallest absolute Gasteiger partial charge is 0.253 e. The number of H-pyrrole nitrogens is 1. The van der Waals surface area contributed by atoms with Gasteiger partial charge in [0.05, 0.1) is 0 Å². The molecule has 1 saturated heterocycles. The summed E-state index contributed by atoms with van der Waals surface area (Å²) in [5.41, 5.74) is 3.41. The van der Waals surface area contributed by atoms with Crippen LogP contribution in [-0.4, -0.2) is 39.1 Å². The van der Waals surface area contributed by atoms with Crippen molar-refractivity contribution in [2.24, 2.45) is 5.41 Å². The highest BCUT2D eigenvalue weighted by molar-refractivity contribution is 5.94. The molecule has 1 aromatic heterocycles. The standard InChI is InChI=1S/C21H26N4O/c1-13-4-5-16(10-14(13)2)20(26)25-11-17(21(12-25)8-3-9-21)19-22-18(23-24-19)15-6-7-15/h4-5,10,15,17H,3,6-9,11-12H2,1-2H3,(H,22,23,24). The highest BCUT2D eigenvalue weighted by atomic mass is 16.2. The predicted octanol–water partition coefficient (Wildman–Crippen LogP) is 3.71. The van der Waals surface area contributed by atoms with Crippen LogP contribution in [0, 0.1) is 19.3 Å². The molecule has 136 valence electrons. The zero-order valence-corrected chi connectivity index (χ0v) is 15.6. The lowest BCUT2D eigenvalue weighted by molar-refractivity contribution is 0.0724. The van der Waals surface area contributed by atoms with E-state index in [4.69, 9.17) is 4.98 Å². The molecule has 2 saturated carbocycles. The molecule has 1 N–H and O–H groups in total. The van der Waals surface area contributed by atoms with E-state index in [1.165, 1.54) is 43.2 Å². The van der Waals surface area contributed by atoms with Crippen LogP contribution >= 0.6 is 0 Å². The van der Waals surface area contributed by atoms with Crippen LogP contribution in [0.15, 0.2) is 18.2 Å². The van der Waals surface area contributed by atoms with Crippen molar-refractivity contribution in [2.45, 2.75) is 57.8 Å². The molecule has 1 aromatic carbocycles. The lowest BCUT2D eigenvalue weighted by Crippen LogP contribution is -2.38. The lowest BCUT2D eigenvalue weighted by Gasteiger charge is -2.41. The molecule has 1 aliphatic heterocycles. The second kappa shape index (κ2) is 5.66. The Kier molecular flexibility index (Phi) is 3.49. The number of hydrogen-bond acceptors (Lipinski definition) is 3. The Bertz CT molecular complexity index is 863. The SMILES string of the molecule is Cc1ccc(C(=O)N2CC(c3nc(C4CC4)n[nH]3)C3(CCC3)C2)cc1C. The minimum absolute atomic E-state index is 0.156. The largest absolute Gasteiger partial charge is 0.337 e. The van der Waals surface area contributed by atoms with Gasteiger partial charge in [-0.2, -0.15) is 5.10 Å². The summed E-state index contributed by atoms with van der Waals surface area (Å²) in [6.45, 7) is 5.76. The van der Waals surface area contributed by atoms with Crippen LogP contribution < -0.4 is 0 Å². The number of carbonyl (C=O) groups is 1. The molecule has 2 heterocycles. The van der Waals surface area contributed by atoms with Gasteiger partial charge in [-0.15, -0.1) is 0 Å². The van der Waals surface area contributed by atoms with Crippen LogP contribution in [0.4, 0.5) is 0 Å². The number of nitrogens with zero attached hydrogens (tertiary/aromatic N) is 3. The van der Waals surface area contributed by atoms with E-state index >= 15 is 0 Å². The van der Waals surface area contributed by atoms with Crippen LogP contribution in [-0.2, 0) is 0 Å². The van der Waals surface area contributed by atoms with Crippen molar-refractivity contribution in [3.05, 3.63) is 46.5 Å². The summed E-state index contributed by atoms with van der Waals surface area (Å²) in [4.78, 5) is 20.0. The van der Waals surface area contributed by atoms with Gasteiger partial charge < -0.3 is 4.90 Å². The maximum atomic E-state index is 13.1. The Morgan fingerprint density at radius 3 is 2.69 bits per heavy atom. The maximum Gasteiger partial charge on any atom is 0.253 e. The molecule has 26 heavy (non-hydrogen) atoms. The Labute approximate surface area is 154 Å². The number of rotatable bonds is 3. The first kappa shape index (κ1) is 16.0. The number of likely N-dealkylation sites (tertiary alicyclic amines) is 1. The third kappa shape index (κ3) is 2.48. The highest BCUT2D eigenvalue weighted by Gasteiger charge is 2.53. The lowest BCUT2D eigenvalue weighted by atomic mass is 9.62. The molecule has 0 radical (unpaired) electrons. The van der Waals surface area contributed by atoms with Gasteiger partial charge in [-0.1, -0.05) is 12.5 Å². The Balaban J connectivity index is 1.41. The first-order valence-corrected chi connectivity index (χ1v) is 9.84. The fourth-order valence-electron chi connectivity index (χ4n) is 4.66. The molecule has 0 bridgehead atoms. The summed E-state index contributed by atoms with van der Waals surface area (Å²) in [6, 6.07) is 6.04. The summed E-state index contributed by atoms with van der Waals surface area (Å²) in [5.74, 6) is 3.00. The molecule has 3 fully saturated rings. The van der Waals surface area contributed by atoms with Crippen molar-refractivity contribution < 1.29 is 4.79 Å². The predicted molar refractivity (Wildman–Crippen MR) is 99.2 cm³/mol. The quantitative estimate of drug-likeness (QED) is 0.918. The molecule has 1 atom stereocenters. The van der Waals surface area contributed by atoms with Crippen molar-refractivity contribution in [1.29, 1.82) is 0 Å². The van der Waals surface area contributed by atoms with Gasteiger partial charge in [0.25, 0.3) is 5.91 Å². The summed E-state index contributed by atoms with van der Waals surface area (Å²) >= 11 is 0. The van der Waals surface area contributed by atoms with Gasteiger partial charge in [0.2, 0.25) is 0 Å². The molecule has 5 rings (SSSR count). The summed E-state index contributed by atoms with van der Waals surface area (Å²) in [5, 5.41) is 7.67. The van der Waals surface area contributed by atoms with Crippen LogP contribution in [0.1, 0.15) is 77.1 Å². The van der Waals surface area contributed by atoms with E-state index in [2.05, 4.69) is 24.0 Å². The van der Waals surface area contributed by atoms with Crippen LogP contribution in [0.5, 0.6) is 0 Å². The molecule has 5 nitrogen and oxygen atoms in total. The average Bonchev–Trinajstić information content (AvgIpc) is 3.19. The molecular weight excluding hydrogens is 324 g/mol. The molecule has 1 amide bonds. The first-order valence-electron chi connectivity index (χ1n) is 9.84. The van der Waals surface area contributed by atoms with Crippen molar-refractivity contribution in [3.63, 3.8) is 0 Å². The Morgan fingerprint density at radius 2 is 2.04 bits per heavy atom. The number of aryl methyl sites for hydroxylation is 2. The van der Waals surface area contributed by atoms with E-state index in [-0.39, 0.29) is 11.3 Å². The first-order chi connectivity index (χ1) is 12.6. The van der Waals surface area contributed by atoms with E-state index in [1.54, 1.807) is 0 Å².